The van der Waals surface area contributed by atoms with E-state index in [-0.39, 0.29) is 11.6 Å². The van der Waals surface area contributed by atoms with E-state index in [4.69, 9.17) is 4.74 Å². The van der Waals surface area contributed by atoms with E-state index in [2.05, 4.69) is 20.3 Å². The summed E-state index contributed by atoms with van der Waals surface area (Å²) in [6.45, 7) is -0.0228. The lowest BCUT2D eigenvalue weighted by molar-refractivity contribution is 0.0710. The molecule has 4 rings (SSSR count). The molecule has 0 saturated carbocycles. The maximum Gasteiger partial charge on any atom is 0.274 e. The Bertz CT molecular complexity index is 960. The van der Waals surface area contributed by atoms with Gasteiger partial charge in [-0.3, -0.25) is 9.78 Å². The number of methoxy groups -OCH3 is 1. The number of likely N-dealkylation sites (tertiary alicyclic amines) is 1. The summed E-state index contributed by atoms with van der Waals surface area (Å²) in [5.74, 6) is 0.496. The molecule has 1 atom stereocenters. The fourth-order valence-electron chi connectivity index (χ4n) is 3.30. The van der Waals surface area contributed by atoms with Gasteiger partial charge in [-0.15, -0.1) is 10.2 Å². The SMILES string of the molecule is COc1ccc(-n2nc(C(=O)N3CCC[C@H]3CF)cc2-c2ccccn2)nn1. The molecule has 0 unspecified atom stereocenters. The zero-order valence-electron chi connectivity index (χ0n) is 15.3. The molecule has 1 fully saturated rings. The summed E-state index contributed by atoms with van der Waals surface area (Å²) in [5, 5.41) is 12.5. The van der Waals surface area contributed by atoms with Crippen molar-refractivity contribution in [3.05, 3.63) is 48.3 Å². The molecule has 1 amide bonds. The molecule has 0 spiro atoms. The topological polar surface area (TPSA) is 86.0 Å². The number of rotatable bonds is 5. The first kappa shape index (κ1) is 18.0. The molecule has 9 heteroatoms. The first-order chi connectivity index (χ1) is 13.7. The largest absolute Gasteiger partial charge is 0.480 e. The summed E-state index contributed by atoms with van der Waals surface area (Å²) in [6.07, 6.45) is 3.12. The minimum Gasteiger partial charge on any atom is -0.480 e. The van der Waals surface area contributed by atoms with Crippen LogP contribution in [0.4, 0.5) is 4.39 Å². The maximum atomic E-state index is 13.3. The Hall–Kier alpha value is -3.36. The van der Waals surface area contributed by atoms with Crippen LogP contribution in [0.3, 0.4) is 0 Å². The van der Waals surface area contributed by atoms with E-state index in [1.165, 1.54) is 11.8 Å². The van der Waals surface area contributed by atoms with Crippen LogP contribution in [0.1, 0.15) is 23.3 Å². The van der Waals surface area contributed by atoms with Crippen LogP contribution in [0.2, 0.25) is 0 Å². The van der Waals surface area contributed by atoms with Crippen LogP contribution in [-0.2, 0) is 0 Å². The lowest BCUT2D eigenvalue weighted by Crippen LogP contribution is -2.37. The number of hydrogen-bond donors (Lipinski definition) is 0. The van der Waals surface area contributed by atoms with Crippen molar-refractivity contribution in [2.75, 3.05) is 20.3 Å². The molecule has 0 bridgehead atoms. The van der Waals surface area contributed by atoms with Crippen molar-refractivity contribution in [3.63, 3.8) is 0 Å². The number of amides is 1. The van der Waals surface area contributed by atoms with Gasteiger partial charge >= 0.3 is 0 Å². The van der Waals surface area contributed by atoms with Crippen molar-refractivity contribution < 1.29 is 13.9 Å². The van der Waals surface area contributed by atoms with Gasteiger partial charge in [-0.1, -0.05) is 6.07 Å². The standard InChI is InChI=1S/C19H19FN6O2/c1-28-18-8-7-17(22-23-18)26-16(14-6-2-3-9-21-14)11-15(24-26)19(27)25-10-4-5-13(25)12-20/h2-3,6-9,11,13H,4-5,10,12H2,1H3/t13-/m0/s1. The lowest BCUT2D eigenvalue weighted by atomic mass is 10.2. The van der Waals surface area contributed by atoms with E-state index >= 15 is 0 Å². The Morgan fingerprint density at radius 2 is 2.18 bits per heavy atom. The van der Waals surface area contributed by atoms with E-state index in [1.807, 2.05) is 12.1 Å². The summed E-state index contributed by atoms with van der Waals surface area (Å²) in [5.41, 5.74) is 1.45. The van der Waals surface area contributed by atoms with E-state index in [9.17, 15) is 9.18 Å². The molecule has 8 nitrogen and oxygen atoms in total. The normalized spacial score (nSPS) is 16.4. The predicted molar refractivity (Wildman–Crippen MR) is 99.0 cm³/mol. The van der Waals surface area contributed by atoms with Crippen molar-refractivity contribution in [3.8, 4) is 23.1 Å². The fourth-order valence-corrected chi connectivity index (χ4v) is 3.30. The lowest BCUT2D eigenvalue weighted by Gasteiger charge is -2.21. The highest BCUT2D eigenvalue weighted by Gasteiger charge is 2.31. The zero-order chi connectivity index (χ0) is 19.5. The highest BCUT2D eigenvalue weighted by Crippen LogP contribution is 2.25. The quantitative estimate of drug-likeness (QED) is 0.673. The number of nitrogens with zero attached hydrogens (tertiary/aromatic N) is 6. The van der Waals surface area contributed by atoms with Crippen molar-refractivity contribution in [2.45, 2.75) is 18.9 Å². The molecule has 3 aromatic heterocycles. The summed E-state index contributed by atoms with van der Waals surface area (Å²) in [6, 6.07) is 10.1. The average Bonchev–Trinajstić information content (AvgIpc) is 3.41. The number of aromatic nitrogens is 5. The predicted octanol–water partition coefficient (Wildman–Crippen LogP) is 2.31. The molecular formula is C19H19FN6O2. The van der Waals surface area contributed by atoms with E-state index in [1.54, 1.807) is 35.4 Å². The van der Waals surface area contributed by atoms with Crippen LogP contribution < -0.4 is 4.74 Å². The van der Waals surface area contributed by atoms with Gasteiger partial charge in [0.05, 0.1) is 24.5 Å². The smallest absolute Gasteiger partial charge is 0.274 e. The van der Waals surface area contributed by atoms with Gasteiger partial charge in [-0.05, 0) is 37.1 Å². The monoisotopic (exact) mass is 382 g/mol. The number of hydrogen-bond acceptors (Lipinski definition) is 6. The third kappa shape index (κ3) is 3.30. The third-order valence-electron chi connectivity index (χ3n) is 4.72. The van der Waals surface area contributed by atoms with Gasteiger partial charge in [0.25, 0.3) is 5.91 Å². The minimum absolute atomic E-state index is 0.221. The molecule has 1 aliphatic heterocycles. The molecular weight excluding hydrogens is 363 g/mol. The number of ether oxygens (including phenoxy) is 1. The van der Waals surface area contributed by atoms with Crippen molar-refractivity contribution in [1.29, 1.82) is 0 Å². The molecule has 0 radical (unpaired) electrons. The highest BCUT2D eigenvalue weighted by atomic mass is 19.1. The van der Waals surface area contributed by atoms with Gasteiger partial charge in [-0.25, -0.2) is 9.07 Å². The second kappa shape index (κ2) is 7.71. The van der Waals surface area contributed by atoms with Gasteiger partial charge in [-0.2, -0.15) is 5.10 Å². The molecule has 1 saturated heterocycles. The van der Waals surface area contributed by atoms with Crippen LogP contribution in [0.25, 0.3) is 17.2 Å². The van der Waals surface area contributed by atoms with Gasteiger partial charge in [0.2, 0.25) is 5.88 Å². The molecule has 0 N–H and O–H groups in total. The first-order valence-electron chi connectivity index (χ1n) is 8.97. The number of halogens is 1. The number of alkyl halides is 1. The number of carbonyl (C=O) groups excluding carboxylic acids is 1. The maximum absolute atomic E-state index is 13.3. The van der Waals surface area contributed by atoms with Crippen molar-refractivity contribution in [1.82, 2.24) is 29.9 Å². The summed E-state index contributed by atoms with van der Waals surface area (Å²) >= 11 is 0. The second-order valence-corrected chi connectivity index (χ2v) is 6.42. The second-order valence-electron chi connectivity index (χ2n) is 6.42. The van der Waals surface area contributed by atoms with Crippen LogP contribution in [0, 0.1) is 0 Å². The summed E-state index contributed by atoms with van der Waals surface area (Å²) in [7, 11) is 1.50. The summed E-state index contributed by atoms with van der Waals surface area (Å²) < 4.78 is 19.8. The van der Waals surface area contributed by atoms with Gasteiger partial charge in [0.1, 0.15) is 6.67 Å². The Labute approximate surface area is 161 Å². The van der Waals surface area contributed by atoms with Crippen molar-refractivity contribution in [2.24, 2.45) is 0 Å². The van der Waals surface area contributed by atoms with Crippen LogP contribution >= 0.6 is 0 Å². The van der Waals surface area contributed by atoms with Gasteiger partial charge < -0.3 is 9.64 Å². The number of carbonyl (C=O) groups is 1. The van der Waals surface area contributed by atoms with Gasteiger partial charge in [0.15, 0.2) is 11.5 Å². The molecule has 144 valence electrons. The van der Waals surface area contributed by atoms with Crippen LogP contribution in [-0.4, -0.2) is 62.1 Å². The summed E-state index contributed by atoms with van der Waals surface area (Å²) in [4.78, 5) is 18.9. The average molecular weight is 382 g/mol. The molecule has 1 aliphatic rings. The van der Waals surface area contributed by atoms with Crippen LogP contribution in [0.15, 0.2) is 42.6 Å². The molecule has 0 aliphatic carbocycles. The molecule has 28 heavy (non-hydrogen) atoms. The van der Waals surface area contributed by atoms with E-state index in [0.717, 1.165) is 6.42 Å². The number of pyridine rings is 1. The molecule has 4 heterocycles. The zero-order valence-corrected chi connectivity index (χ0v) is 15.3. The Balaban J connectivity index is 1.77. The third-order valence-corrected chi connectivity index (χ3v) is 4.72. The van der Waals surface area contributed by atoms with Crippen molar-refractivity contribution >= 4 is 5.91 Å². The Morgan fingerprint density at radius 1 is 1.29 bits per heavy atom. The fraction of sp³-hybridized carbons (Fsp3) is 0.316. The molecule has 0 aromatic carbocycles. The molecule has 3 aromatic rings. The minimum atomic E-state index is -0.552. The van der Waals surface area contributed by atoms with Crippen LogP contribution in [0.5, 0.6) is 5.88 Å². The van der Waals surface area contributed by atoms with E-state index in [0.29, 0.717) is 36.1 Å². The Kier molecular flexibility index (Phi) is 4.96. The Morgan fingerprint density at radius 3 is 2.86 bits per heavy atom. The van der Waals surface area contributed by atoms with E-state index < -0.39 is 12.7 Å². The first-order valence-corrected chi connectivity index (χ1v) is 8.97. The highest BCUT2D eigenvalue weighted by molar-refractivity contribution is 5.94. The van der Waals surface area contributed by atoms with Gasteiger partial charge in [0, 0.05) is 18.8 Å².